The predicted octanol–water partition coefficient (Wildman–Crippen LogP) is 1.98. The van der Waals surface area contributed by atoms with Crippen LogP contribution in [0.3, 0.4) is 0 Å². The average Bonchev–Trinajstić information content (AvgIpc) is 3.02. The van der Waals surface area contributed by atoms with Crippen LogP contribution in [-0.2, 0) is 18.3 Å². The standard InChI is InChI=1S/C14H15N3O2/c1-17-9-3-5-12(17)11-14(18)16-15-8-2-6-13-7-4-10-19-13/h2-10H,11H2,1H3,(H,16,18)/b6-2-,15-8+. The Balaban J connectivity index is 1.76. The molecular weight excluding hydrogens is 242 g/mol. The number of nitrogens with zero attached hydrogens (tertiary/aromatic N) is 2. The lowest BCUT2D eigenvalue weighted by Crippen LogP contribution is -2.20. The van der Waals surface area contributed by atoms with Crippen molar-refractivity contribution in [3.8, 4) is 0 Å². The summed E-state index contributed by atoms with van der Waals surface area (Å²) < 4.78 is 7.01. The normalized spacial score (nSPS) is 11.4. The van der Waals surface area contributed by atoms with Crippen molar-refractivity contribution < 1.29 is 9.21 Å². The van der Waals surface area contributed by atoms with Crippen molar-refractivity contribution in [1.82, 2.24) is 9.99 Å². The number of furan rings is 1. The Kier molecular flexibility index (Phi) is 4.34. The molecule has 0 fully saturated rings. The Labute approximate surface area is 111 Å². The summed E-state index contributed by atoms with van der Waals surface area (Å²) in [5.74, 6) is 0.589. The van der Waals surface area contributed by atoms with Gasteiger partial charge in [0.25, 0.3) is 0 Å². The molecule has 0 saturated carbocycles. The summed E-state index contributed by atoms with van der Waals surface area (Å²) in [4.78, 5) is 11.6. The van der Waals surface area contributed by atoms with Crippen molar-refractivity contribution in [2.45, 2.75) is 6.42 Å². The number of carbonyl (C=O) groups is 1. The molecule has 0 unspecified atom stereocenters. The molecule has 0 saturated heterocycles. The molecule has 0 bridgehead atoms. The maximum absolute atomic E-state index is 11.6. The molecule has 98 valence electrons. The Morgan fingerprint density at radius 3 is 3.05 bits per heavy atom. The molecule has 0 aliphatic heterocycles. The second-order valence-corrected chi connectivity index (χ2v) is 3.97. The van der Waals surface area contributed by atoms with Crippen molar-refractivity contribution in [3.05, 3.63) is 54.3 Å². The van der Waals surface area contributed by atoms with E-state index in [0.29, 0.717) is 6.42 Å². The van der Waals surface area contributed by atoms with Gasteiger partial charge in [-0.2, -0.15) is 5.10 Å². The van der Waals surface area contributed by atoms with E-state index in [4.69, 9.17) is 4.42 Å². The van der Waals surface area contributed by atoms with Crippen LogP contribution in [0, 0.1) is 0 Å². The molecule has 5 heteroatoms. The van der Waals surface area contributed by atoms with Gasteiger partial charge in [0, 0.05) is 25.2 Å². The van der Waals surface area contributed by atoms with Crippen LogP contribution in [0.5, 0.6) is 0 Å². The summed E-state index contributed by atoms with van der Waals surface area (Å²) in [5, 5.41) is 3.82. The van der Waals surface area contributed by atoms with E-state index in [0.717, 1.165) is 11.5 Å². The number of hydrogen-bond acceptors (Lipinski definition) is 3. The van der Waals surface area contributed by atoms with E-state index in [1.54, 1.807) is 24.5 Å². The fourth-order valence-corrected chi connectivity index (χ4v) is 1.56. The van der Waals surface area contributed by atoms with Crippen LogP contribution in [0.25, 0.3) is 6.08 Å². The highest BCUT2D eigenvalue weighted by Crippen LogP contribution is 2.01. The molecule has 0 atom stereocenters. The van der Waals surface area contributed by atoms with E-state index < -0.39 is 0 Å². The average molecular weight is 257 g/mol. The fraction of sp³-hybridized carbons (Fsp3) is 0.143. The molecule has 0 spiro atoms. The Morgan fingerprint density at radius 2 is 2.37 bits per heavy atom. The minimum absolute atomic E-state index is 0.149. The molecule has 2 aromatic heterocycles. The molecule has 1 amide bonds. The third-order valence-electron chi connectivity index (χ3n) is 2.55. The number of rotatable bonds is 5. The third-order valence-corrected chi connectivity index (χ3v) is 2.55. The predicted molar refractivity (Wildman–Crippen MR) is 73.5 cm³/mol. The summed E-state index contributed by atoms with van der Waals surface area (Å²) in [7, 11) is 1.90. The lowest BCUT2D eigenvalue weighted by Gasteiger charge is -2.01. The van der Waals surface area contributed by atoms with Gasteiger partial charge in [0.1, 0.15) is 5.76 Å². The first kappa shape index (κ1) is 12.9. The first-order valence-corrected chi connectivity index (χ1v) is 5.88. The van der Waals surface area contributed by atoms with E-state index >= 15 is 0 Å². The molecule has 2 heterocycles. The molecule has 0 aliphatic rings. The summed E-state index contributed by atoms with van der Waals surface area (Å²) >= 11 is 0. The van der Waals surface area contributed by atoms with Crippen molar-refractivity contribution in [2.24, 2.45) is 12.1 Å². The zero-order valence-electron chi connectivity index (χ0n) is 10.6. The van der Waals surface area contributed by atoms with Crippen LogP contribution in [0.4, 0.5) is 0 Å². The number of amides is 1. The number of allylic oxidation sites excluding steroid dienone is 1. The Hall–Kier alpha value is -2.56. The van der Waals surface area contributed by atoms with Gasteiger partial charge in [0.15, 0.2) is 0 Å². The van der Waals surface area contributed by atoms with Crippen LogP contribution in [-0.4, -0.2) is 16.7 Å². The van der Waals surface area contributed by atoms with Crippen molar-refractivity contribution in [1.29, 1.82) is 0 Å². The van der Waals surface area contributed by atoms with Gasteiger partial charge in [-0.05, 0) is 36.4 Å². The van der Waals surface area contributed by atoms with Crippen LogP contribution in [0.1, 0.15) is 11.5 Å². The van der Waals surface area contributed by atoms with Crippen molar-refractivity contribution >= 4 is 18.2 Å². The summed E-state index contributed by atoms with van der Waals surface area (Å²) in [6, 6.07) is 7.44. The van der Waals surface area contributed by atoms with Crippen LogP contribution >= 0.6 is 0 Å². The minimum atomic E-state index is -0.149. The zero-order valence-corrected chi connectivity index (χ0v) is 10.6. The summed E-state index contributed by atoms with van der Waals surface area (Å²) in [6.07, 6.45) is 8.76. The van der Waals surface area contributed by atoms with E-state index in [1.165, 1.54) is 6.21 Å². The lowest BCUT2D eigenvalue weighted by molar-refractivity contribution is -0.120. The van der Waals surface area contributed by atoms with Gasteiger partial charge in [-0.3, -0.25) is 4.79 Å². The second kappa shape index (κ2) is 6.39. The molecule has 19 heavy (non-hydrogen) atoms. The SMILES string of the molecule is Cn1cccc1CC(=O)N/N=C/C=C\c1ccco1. The first-order valence-electron chi connectivity index (χ1n) is 5.88. The van der Waals surface area contributed by atoms with E-state index in [1.807, 2.05) is 36.0 Å². The van der Waals surface area contributed by atoms with Gasteiger partial charge in [-0.15, -0.1) is 0 Å². The largest absolute Gasteiger partial charge is 0.465 e. The first-order chi connectivity index (χ1) is 9.25. The molecule has 2 aromatic rings. The van der Waals surface area contributed by atoms with E-state index in [2.05, 4.69) is 10.5 Å². The third kappa shape index (κ3) is 3.99. The van der Waals surface area contributed by atoms with Gasteiger partial charge in [-0.25, -0.2) is 5.43 Å². The number of hydrazone groups is 1. The van der Waals surface area contributed by atoms with Gasteiger partial charge in [0.05, 0.1) is 12.7 Å². The quantitative estimate of drug-likeness (QED) is 0.657. The van der Waals surface area contributed by atoms with Crippen LogP contribution < -0.4 is 5.43 Å². The topological polar surface area (TPSA) is 59.5 Å². The minimum Gasteiger partial charge on any atom is -0.465 e. The molecule has 5 nitrogen and oxygen atoms in total. The second-order valence-electron chi connectivity index (χ2n) is 3.97. The van der Waals surface area contributed by atoms with Crippen molar-refractivity contribution in [2.75, 3.05) is 0 Å². The smallest absolute Gasteiger partial charge is 0.245 e. The van der Waals surface area contributed by atoms with Crippen molar-refractivity contribution in [3.63, 3.8) is 0 Å². The number of aromatic nitrogens is 1. The van der Waals surface area contributed by atoms with Crippen LogP contribution in [0.15, 0.2) is 52.3 Å². The highest BCUT2D eigenvalue weighted by atomic mass is 16.3. The lowest BCUT2D eigenvalue weighted by atomic mass is 10.3. The highest BCUT2D eigenvalue weighted by Gasteiger charge is 2.03. The van der Waals surface area contributed by atoms with E-state index in [9.17, 15) is 4.79 Å². The number of nitrogens with one attached hydrogen (secondary N) is 1. The summed E-state index contributed by atoms with van der Waals surface area (Å²) in [6.45, 7) is 0. The number of carbonyl (C=O) groups excluding carboxylic acids is 1. The van der Waals surface area contributed by atoms with Crippen LogP contribution in [0.2, 0.25) is 0 Å². The van der Waals surface area contributed by atoms with Gasteiger partial charge < -0.3 is 8.98 Å². The molecule has 0 aromatic carbocycles. The number of aryl methyl sites for hydroxylation is 1. The van der Waals surface area contributed by atoms with Gasteiger partial charge in [-0.1, -0.05) is 0 Å². The Bertz CT molecular complexity index is 580. The molecule has 0 radical (unpaired) electrons. The zero-order chi connectivity index (χ0) is 13.5. The summed E-state index contributed by atoms with van der Waals surface area (Å²) in [5.41, 5.74) is 3.41. The van der Waals surface area contributed by atoms with Gasteiger partial charge >= 0.3 is 0 Å². The molecule has 2 rings (SSSR count). The molecular formula is C14H15N3O2. The van der Waals surface area contributed by atoms with E-state index in [-0.39, 0.29) is 5.91 Å². The maximum atomic E-state index is 11.6. The maximum Gasteiger partial charge on any atom is 0.245 e. The number of hydrogen-bond donors (Lipinski definition) is 1. The van der Waals surface area contributed by atoms with Gasteiger partial charge in [0.2, 0.25) is 5.91 Å². The Morgan fingerprint density at radius 1 is 1.47 bits per heavy atom. The fourth-order valence-electron chi connectivity index (χ4n) is 1.56. The monoisotopic (exact) mass is 257 g/mol. The molecule has 0 aliphatic carbocycles. The molecule has 1 N–H and O–H groups in total. The highest BCUT2D eigenvalue weighted by molar-refractivity contribution is 5.81.